The van der Waals surface area contributed by atoms with Crippen molar-refractivity contribution >= 4 is 12.0 Å². The summed E-state index contributed by atoms with van der Waals surface area (Å²) in [7, 11) is 0. The van der Waals surface area contributed by atoms with E-state index < -0.39 is 0 Å². The Morgan fingerprint density at radius 3 is 1.64 bits per heavy atom. The van der Waals surface area contributed by atoms with Gasteiger partial charge >= 0.3 is 29.6 Å². The molecular formula is C26H37NaO5S. The van der Waals surface area contributed by atoms with Gasteiger partial charge in [0.25, 0.3) is 0 Å². The van der Waals surface area contributed by atoms with E-state index in [1.165, 1.54) is 0 Å². The van der Waals surface area contributed by atoms with Crippen LogP contribution in [0.2, 0.25) is 0 Å². The van der Waals surface area contributed by atoms with Gasteiger partial charge in [-0.1, -0.05) is 53.7 Å². The van der Waals surface area contributed by atoms with E-state index in [4.69, 9.17) is 0 Å². The van der Waals surface area contributed by atoms with Crippen molar-refractivity contribution in [1.29, 1.82) is 0 Å². The zero-order valence-corrected chi connectivity index (χ0v) is 24.4. The third-order valence-electron chi connectivity index (χ3n) is 5.93. The van der Waals surface area contributed by atoms with Gasteiger partial charge < -0.3 is 15.5 Å². The predicted octanol–water partition coefficient (Wildman–Crippen LogP) is 3.10. The molecule has 0 spiro atoms. The largest absolute Gasteiger partial charge is 1.00 e. The SMILES string of the molecule is Cc1cc(O)c(C(C)(C)C)cc1C(CCCSOO[O-])c1cc(C(C)(C)C)c(O)cc1C.[Na+]. The summed E-state index contributed by atoms with van der Waals surface area (Å²) in [6.07, 6.45) is 1.62. The number of aryl methyl sites for hydroxylation is 2. The van der Waals surface area contributed by atoms with Crippen LogP contribution < -0.4 is 34.8 Å². The summed E-state index contributed by atoms with van der Waals surface area (Å²) in [4.78, 5) is 0. The molecule has 178 valence electrons. The number of aromatic hydroxyl groups is 2. The first-order valence-corrected chi connectivity index (χ1v) is 11.9. The Morgan fingerprint density at radius 2 is 1.27 bits per heavy atom. The van der Waals surface area contributed by atoms with Crippen LogP contribution in [0.5, 0.6) is 11.5 Å². The maximum atomic E-state index is 10.6. The predicted molar refractivity (Wildman–Crippen MR) is 129 cm³/mol. The zero-order valence-electron chi connectivity index (χ0n) is 21.5. The van der Waals surface area contributed by atoms with Gasteiger partial charge in [-0.25, -0.2) is 0 Å². The first kappa shape index (κ1) is 30.3. The Morgan fingerprint density at radius 1 is 0.848 bits per heavy atom. The maximum Gasteiger partial charge on any atom is 1.00 e. The molecule has 2 N–H and O–H groups in total. The standard InChI is InChI=1S/C26H38O5S.Na/c1-16-12-23(27)21(25(3,4)5)14-19(16)18(10-9-11-32-31-30-29)20-15-22(26(6,7)8)24(28)13-17(20)2;/h12-15,18,27-29H,9-11H2,1-8H3;/q;+1/p-1. The summed E-state index contributed by atoms with van der Waals surface area (Å²) in [6, 6.07) is 7.96. The normalized spacial score (nSPS) is 12.2. The average Bonchev–Trinajstić information content (AvgIpc) is 2.64. The van der Waals surface area contributed by atoms with E-state index in [0.717, 1.165) is 58.3 Å². The second-order valence-corrected chi connectivity index (χ2v) is 11.4. The van der Waals surface area contributed by atoms with Gasteiger partial charge in [0.05, 0.1) is 0 Å². The quantitative estimate of drug-likeness (QED) is 0.197. The van der Waals surface area contributed by atoms with Gasteiger partial charge in [-0.05, 0) is 83.0 Å². The molecule has 5 nitrogen and oxygen atoms in total. The van der Waals surface area contributed by atoms with Crippen LogP contribution in [0.3, 0.4) is 0 Å². The third kappa shape index (κ3) is 7.89. The minimum atomic E-state index is -0.202. The van der Waals surface area contributed by atoms with Gasteiger partial charge in [-0.3, -0.25) is 5.04 Å². The fourth-order valence-electron chi connectivity index (χ4n) is 4.25. The molecular weight excluding hydrogens is 447 g/mol. The molecule has 2 aromatic carbocycles. The molecule has 0 unspecified atom stereocenters. The molecule has 0 fully saturated rings. The number of hydrogen-bond acceptors (Lipinski definition) is 6. The van der Waals surface area contributed by atoms with Gasteiger partial charge in [0, 0.05) is 23.7 Å². The third-order valence-corrected chi connectivity index (χ3v) is 6.54. The van der Waals surface area contributed by atoms with Crippen molar-refractivity contribution in [3.63, 3.8) is 0 Å². The summed E-state index contributed by atoms with van der Waals surface area (Å²) in [5, 5.41) is 34.8. The van der Waals surface area contributed by atoms with Crippen molar-refractivity contribution in [2.45, 2.75) is 85.0 Å². The number of rotatable bonds is 8. The Bertz CT molecular complexity index is 862. The first-order chi connectivity index (χ1) is 14.8. The van der Waals surface area contributed by atoms with Crippen LogP contribution in [0.4, 0.5) is 0 Å². The second kappa shape index (κ2) is 12.3. The zero-order chi connectivity index (χ0) is 24.3. The van der Waals surface area contributed by atoms with Crippen molar-refractivity contribution < 1.29 is 54.4 Å². The van der Waals surface area contributed by atoms with Crippen molar-refractivity contribution in [2.24, 2.45) is 0 Å². The van der Waals surface area contributed by atoms with Gasteiger partial charge in [0.15, 0.2) is 0 Å². The molecule has 0 heterocycles. The fraction of sp³-hybridized carbons (Fsp3) is 0.538. The van der Waals surface area contributed by atoms with E-state index in [9.17, 15) is 15.5 Å². The molecule has 2 rings (SSSR count). The van der Waals surface area contributed by atoms with E-state index in [2.05, 4.69) is 63.0 Å². The van der Waals surface area contributed by atoms with E-state index in [1.54, 1.807) is 0 Å². The topological polar surface area (TPSA) is 82.0 Å². The molecule has 7 heteroatoms. The Hall–Kier alpha value is -0.730. The fourth-order valence-corrected chi connectivity index (χ4v) is 4.64. The Kier molecular flexibility index (Phi) is 11.3. The smallest absolute Gasteiger partial charge is 0.691 e. The van der Waals surface area contributed by atoms with E-state index >= 15 is 0 Å². The number of benzene rings is 2. The molecule has 0 aromatic heterocycles. The van der Waals surface area contributed by atoms with Crippen molar-refractivity contribution in [1.82, 2.24) is 0 Å². The van der Waals surface area contributed by atoms with Crippen molar-refractivity contribution in [3.8, 4) is 11.5 Å². The first-order valence-electron chi connectivity index (χ1n) is 11.0. The van der Waals surface area contributed by atoms with Gasteiger partial charge in [-0.2, -0.15) is 4.33 Å². The van der Waals surface area contributed by atoms with E-state index in [1.807, 2.05) is 26.0 Å². The molecule has 0 bridgehead atoms. The molecule has 0 aliphatic heterocycles. The van der Waals surface area contributed by atoms with Crippen LogP contribution in [0.25, 0.3) is 0 Å². The van der Waals surface area contributed by atoms with Crippen molar-refractivity contribution in [2.75, 3.05) is 5.75 Å². The summed E-state index contributed by atoms with van der Waals surface area (Å²) in [5.41, 5.74) is 5.79. The van der Waals surface area contributed by atoms with Crippen molar-refractivity contribution in [3.05, 3.63) is 57.6 Å². The van der Waals surface area contributed by atoms with Crippen LogP contribution >= 0.6 is 12.0 Å². The second-order valence-electron chi connectivity index (χ2n) is 10.6. The van der Waals surface area contributed by atoms with Gasteiger partial charge in [0.1, 0.15) is 11.5 Å². The summed E-state index contributed by atoms with van der Waals surface area (Å²) in [6.45, 7) is 16.6. The maximum absolute atomic E-state index is 10.6. The average molecular weight is 485 g/mol. The molecule has 0 saturated carbocycles. The molecule has 0 saturated heterocycles. The minimum Gasteiger partial charge on any atom is -0.691 e. The molecule has 0 aliphatic carbocycles. The van der Waals surface area contributed by atoms with Crippen LogP contribution in [-0.4, -0.2) is 16.0 Å². The number of phenolic OH excluding ortho intramolecular Hbond substituents is 2. The van der Waals surface area contributed by atoms with Crippen LogP contribution in [0.1, 0.15) is 93.7 Å². The van der Waals surface area contributed by atoms with E-state index in [-0.39, 0.29) is 46.3 Å². The van der Waals surface area contributed by atoms with Crippen LogP contribution in [0.15, 0.2) is 24.3 Å². The molecule has 2 aromatic rings. The number of hydrogen-bond donors (Lipinski definition) is 2. The van der Waals surface area contributed by atoms with Crippen LogP contribution in [0, 0.1) is 13.8 Å². The number of phenols is 2. The molecule has 0 amide bonds. The summed E-state index contributed by atoms with van der Waals surface area (Å²) >= 11 is 0.999. The minimum absolute atomic E-state index is 0. The summed E-state index contributed by atoms with van der Waals surface area (Å²) in [5.74, 6) is 1.30. The monoisotopic (exact) mass is 484 g/mol. The summed E-state index contributed by atoms with van der Waals surface area (Å²) < 4.78 is 4.43. The molecule has 33 heavy (non-hydrogen) atoms. The van der Waals surface area contributed by atoms with Crippen LogP contribution in [-0.2, 0) is 20.2 Å². The Labute approximate surface area is 225 Å². The van der Waals surface area contributed by atoms with E-state index in [0.29, 0.717) is 17.3 Å². The van der Waals surface area contributed by atoms with Gasteiger partial charge in [0.2, 0.25) is 0 Å². The molecule has 0 atom stereocenters. The molecule has 0 radical (unpaired) electrons. The molecule has 0 aliphatic rings. The Balaban J connectivity index is 0.00000544. The van der Waals surface area contributed by atoms with Gasteiger partial charge in [-0.15, -0.1) is 0 Å².